The van der Waals surface area contributed by atoms with Crippen LogP contribution in [0.3, 0.4) is 0 Å². The van der Waals surface area contributed by atoms with Gasteiger partial charge in [0.15, 0.2) is 5.03 Å². The van der Waals surface area contributed by atoms with Crippen LogP contribution in [0.25, 0.3) is 0 Å². The first-order valence-electron chi connectivity index (χ1n) is 6.18. The topological polar surface area (TPSA) is 87.8 Å². The molecule has 19 heavy (non-hydrogen) atoms. The SMILES string of the molecule is CCC1CN(S(=O)(=O)c2cn(C)cn2)CCC1=NO. The van der Waals surface area contributed by atoms with E-state index in [9.17, 15) is 8.42 Å². The molecule has 1 unspecified atom stereocenters. The molecular formula is C11H18N4O3S. The third-order valence-electron chi connectivity index (χ3n) is 3.42. The van der Waals surface area contributed by atoms with E-state index in [0.717, 1.165) is 6.42 Å². The molecule has 0 aromatic carbocycles. The number of aromatic nitrogens is 2. The molecule has 1 N–H and O–H groups in total. The second-order valence-electron chi connectivity index (χ2n) is 4.69. The third-order valence-corrected chi connectivity index (χ3v) is 5.17. The molecule has 8 heteroatoms. The minimum atomic E-state index is -3.55. The number of hydrogen-bond acceptors (Lipinski definition) is 5. The van der Waals surface area contributed by atoms with Gasteiger partial charge in [-0.3, -0.25) is 0 Å². The molecule has 0 bridgehead atoms. The highest BCUT2D eigenvalue weighted by molar-refractivity contribution is 7.89. The summed E-state index contributed by atoms with van der Waals surface area (Å²) in [5.74, 6) is -0.0303. The zero-order valence-corrected chi connectivity index (χ0v) is 11.8. The Balaban J connectivity index is 2.23. The second kappa shape index (κ2) is 5.30. The maximum Gasteiger partial charge on any atom is 0.262 e. The fraction of sp³-hybridized carbons (Fsp3) is 0.636. The van der Waals surface area contributed by atoms with Gasteiger partial charge in [0.2, 0.25) is 0 Å². The van der Waals surface area contributed by atoms with Gasteiger partial charge in [0.1, 0.15) is 0 Å². The van der Waals surface area contributed by atoms with Crippen molar-refractivity contribution >= 4 is 15.7 Å². The van der Waals surface area contributed by atoms with Crippen LogP contribution in [0.1, 0.15) is 19.8 Å². The molecule has 1 fully saturated rings. The van der Waals surface area contributed by atoms with E-state index in [1.807, 2.05) is 6.92 Å². The minimum absolute atomic E-state index is 0.0303. The van der Waals surface area contributed by atoms with Gasteiger partial charge in [-0.1, -0.05) is 12.1 Å². The summed E-state index contributed by atoms with van der Waals surface area (Å²) < 4.78 is 27.8. The number of imidazole rings is 1. The van der Waals surface area contributed by atoms with Crippen LogP contribution in [0.15, 0.2) is 22.7 Å². The van der Waals surface area contributed by atoms with E-state index in [4.69, 9.17) is 5.21 Å². The lowest BCUT2D eigenvalue weighted by Gasteiger charge is -2.31. The number of oxime groups is 1. The normalized spacial score (nSPS) is 23.9. The molecule has 0 aliphatic carbocycles. The fourth-order valence-corrected chi connectivity index (χ4v) is 3.71. The Labute approximate surface area is 112 Å². The molecule has 0 saturated carbocycles. The Bertz CT molecular complexity index is 579. The van der Waals surface area contributed by atoms with E-state index in [2.05, 4.69) is 10.1 Å². The molecular weight excluding hydrogens is 268 g/mol. The lowest BCUT2D eigenvalue weighted by molar-refractivity contribution is 0.295. The average Bonchev–Trinajstić information content (AvgIpc) is 2.85. The van der Waals surface area contributed by atoms with Crippen molar-refractivity contribution in [2.45, 2.75) is 24.8 Å². The number of sulfonamides is 1. The zero-order chi connectivity index (χ0) is 14.0. The van der Waals surface area contributed by atoms with Crippen LogP contribution in [-0.2, 0) is 17.1 Å². The zero-order valence-electron chi connectivity index (χ0n) is 11.0. The van der Waals surface area contributed by atoms with Gasteiger partial charge in [0.25, 0.3) is 10.0 Å². The van der Waals surface area contributed by atoms with E-state index in [1.54, 1.807) is 11.6 Å². The standard InChI is InChI=1S/C11H18N4O3S/c1-3-9-6-15(5-4-10(9)13-16)19(17,18)11-7-14(2)8-12-11/h7-9,16H,3-6H2,1-2H3. The monoisotopic (exact) mass is 286 g/mol. The van der Waals surface area contributed by atoms with Gasteiger partial charge in [0, 0.05) is 38.7 Å². The van der Waals surface area contributed by atoms with Crippen molar-refractivity contribution in [1.82, 2.24) is 13.9 Å². The minimum Gasteiger partial charge on any atom is -0.411 e. The number of aryl methyl sites for hydroxylation is 1. The fourth-order valence-electron chi connectivity index (χ4n) is 2.25. The quantitative estimate of drug-likeness (QED) is 0.653. The van der Waals surface area contributed by atoms with Gasteiger partial charge in [-0.25, -0.2) is 13.4 Å². The molecule has 1 aromatic rings. The highest BCUT2D eigenvalue weighted by Crippen LogP contribution is 2.23. The average molecular weight is 286 g/mol. The Hall–Kier alpha value is -1.41. The Morgan fingerprint density at radius 3 is 2.84 bits per heavy atom. The Morgan fingerprint density at radius 1 is 1.58 bits per heavy atom. The number of hydrogen-bond donors (Lipinski definition) is 1. The second-order valence-corrected chi connectivity index (χ2v) is 6.57. The third kappa shape index (κ3) is 2.64. The molecule has 106 valence electrons. The van der Waals surface area contributed by atoms with Crippen LogP contribution >= 0.6 is 0 Å². The van der Waals surface area contributed by atoms with Gasteiger partial charge in [0.05, 0.1) is 12.0 Å². The summed E-state index contributed by atoms with van der Waals surface area (Å²) in [5, 5.41) is 12.2. The Morgan fingerprint density at radius 2 is 2.32 bits per heavy atom. The lowest BCUT2D eigenvalue weighted by Crippen LogP contribution is -2.44. The molecule has 7 nitrogen and oxygen atoms in total. The van der Waals surface area contributed by atoms with Crippen molar-refractivity contribution in [1.29, 1.82) is 0 Å². The summed E-state index contributed by atoms with van der Waals surface area (Å²) in [7, 11) is -1.82. The van der Waals surface area contributed by atoms with E-state index in [0.29, 0.717) is 25.2 Å². The van der Waals surface area contributed by atoms with Crippen LogP contribution in [-0.4, -0.2) is 46.3 Å². The van der Waals surface area contributed by atoms with Gasteiger partial charge in [-0.15, -0.1) is 0 Å². The van der Waals surface area contributed by atoms with Crippen LogP contribution in [0.5, 0.6) is 0 Å². The molecule has 1 saturated heterocycles. The lowest BCUT2D eigenvalue weighted by atomic mass is 9.95. The number of rotatable bonds is 3. The summed E-state index contributed by atoms with van der Waals surface area (Å²) in [5.41, 5.74) is 0.676. The van der Waals surface area contributed by atoms with Crippen molar-refractivity contribution in [3.63, 3.8) is 0 Å². The molecule has 2 rings (SSSR count). The number of nitrogens with zero attached hydrogens (tertiary/aromatic N) is 4. The summed E-state index contributed by atoms with van der Waals surface area (Å²) >= 11 is 0. The summed E-state index contributed by atoms with van der Waals surface area (Å²) in [6.07, 6.45) is 4.16. The van der Waals surface area contributed by atoms with E-state index in [-0.39, 0.29) is 10.9 Å². The van der Waals surface area contributed by atoms with Gasteiger partial charge in [-0.05, 0) is 6.42 Å². The predicted molar refractivity (Wildman–Crippen MR) is 69.6 cm³/mol. The van der Waals surface area contributed by atoms with Crippen molar-refractivity contribution < 1.29 is 13.6 Å². The van der Waals surface area contributed by atoms with Crippen LogP contribution in [0.2, 0.25) is 0 Å². The van der Waals surface area contributed by atoms with E-state index in [1.165, 1.54) is 16.8 Å². The molecule has 0 amide bonds. The van der Waals surface area contributed by atoms with Crippen LogP contribution in [0.4, 0.5) is 0 Å². The maximum atomic E-state index is 12.4. The largest absolute Gasteiger partial charge is 0.411 e. The first kappa shape index (κ1) is 14.0. The van der Waals surface area contributed by atoms with Crippen molar-refractivity contribution in [3.8, 4) is 0 Å². The summed E-state index contributed by atoms with van der Waals surface area (Å²) in [6, 6.07) is 0. The van der Waals surface area contributed by atoms with Crippen molar-refractivity contribution in [2.24, 2.45) is 18.1 Å². The van der Waals surface area contributed by atoms with Crippen LogP contribution < -0.4 is 0 Å². The summed E-state index contributed by atoms with van der Waals surface area (Å²) in [6.45, 7) is 2.62. The Kier molecular flexibility index (Phi) is 3.91. The van der Waals surface area contributed by atoms with Crippen LogP contribution in [0, 0.1) is 5.92 Å². The van der Waals surface area contributed by atoms with E-state index >= 15 is 0 Å². The summed E-state index contributed by atoms with van der Waals surface area (Å²) in [4.78, 5) is 3.91. The van der Waals surface area contributed by atoms with E-state index < -0.39 is 10.0 Å². The van der Waals surface area contributed by atoms with Gasteiger partial charge in [-0.2, -0.15) is 4.31 Å². The highest BCUT2D eigenvalue weighted by atomic mass is 32.2. The maximum absolute atomic E-state index is 12.4. The molecule has 1 atom stereocenters. The molecule has 2 heterocycles. The molecule has 0 spiro atoms. The molecule has 1 aromatic heterocycles. The van der Waals surface area contributed by atoms with Gasteiger partial charge >= 0.3 is 0 Å². The number of piperidine rings is 1. The first-order valence-corrected chi connectivity index (χ1v) is 7.62. The highest BCUT2D eigenvalue weighted by Gasteiger charge is 2.34. The van der Waals surface area contributed by atoms with Crippen molar-refractivity contribution in [3.05, 3.63) is 12.5 Å². The first-order chi connectivity index (χ1) is 8.98. The van der Waals surface area contributed by atoms with Gasteiger partial charge < -0.3 is 9.77 Å². The molecule has 1 aliphatic rings. The molecule has 1 aliphatic heterocycles. The van der Waals surface area contributed by atoms with Crippen molar-refractivity contribution in [2.75, 3.05) is 13.1 Å². The predicted octanol–water partition coefficient (Wildman–Crippen LogP) is 0.671. The smallest absolute Gasteiger partial charge is 0.262 e. The molecule has 0 radical (unpaired) electrons.